The van der Waals surface area contributed by atoms with Gasteiger partial charge in [0.1, 0.15) is 36.0 Å². The smallest absolute Gasteiger partial charge is 0.360 e. The maximum absolute atomic E-state index is 11.9. The first-order chi connectivity index (χ1) is 33.1. The maximum Gasteiger partial charge on any atom is 0.360 e. The first kappa shape index (κ1) is 49.4. The van der Waals surface area contributed by atoms with Crippen LogP contribution in [-0.4, -0.2) is 47.9 Å². The predicted molar refractivity (Wildman–Crippen MR) is 263 cm³/mol. The summed E-state index contributed by atoms with van der Waals surface area (Å²) in [7, 11) is 0. The van der Waals surface area contributed by atoms with Gasteiger partial charge in [0, 0.05) is 46.5 Å². The van der Waals surface area contributed by atoms with E-state index in [1.807, 2.05) is 84.9 Å². The van der Waals surface area contributed by atoms with Crippen molar-refractivity contribution in [3.8, 4) is 34.1 Å². The van der Waals surface area contributed by atoms with Gasteiger partial charge in [-0.2, -0.15) is 0 Å². The van der Waals surface area contributed by atoms with Gasteiger partial charge in [-0.3, -0.25) is 19.9 Å². The van der Waals surface area contributed by atoms with Crippen molar-refractivity contribution in [2.45, 2.75) is 92.0 Å². The molecule has 0 aliphatic rings. The summed E-state index contributed by atoms with van der Waals surface area (Å²) < 4.78 is 27.5. The molecule has 0 amide bonds. The summed E-state index contributed by atoms with van der Waals surface area (Å²) in [6.07, 6.45) is 7.05. The van der Waals surface area contributed by atoms with Crippen LogP contribution in [0, 0.1) is 11.8 Å². The summed E-state index contributed by atoms with van der Waals surface area (Å²) in [6.45, 7) is 19.4. The van der Waals surface area contributed by atoms with Gasteiger partial charge in [-0.1, -0.05) is 98.7 Å². The molecule has 0 fully saturated rings. The summed E-state index contributed by atoms with van der Waals surface area (Å²) in [6, 6.07) is 39.2. The monoisotopic (exact) mass is 928 g/mol. The van der Waals surface area contributed by atoms with Gasteiger partial charge < -0.3 is 28.4 Å². The summed E-state index contributed by atoms with van der Waals surface area (Å²) in [4.78, 5) is 30.0. The predicted octanol–water partition coefficient (Wildman–Crippen LogP) is 11.7. The second-order valence-corrected chi connectivity index (χ2v) is 18.3. The van der Waals surface area contributed by atoms with Gasteiger partial charge in [0.2, 0.25) is 0 Å². The number of hydrogen-bond acceptors (Lipinski definition) is 13. The number of carbonyl (C=O) groups excluding carboxylic acids is 1. The van der Waals surface area contributed by atoms with Gasteiger partial charge in [-0.25, -0.2) is 4.79 Å². The van der Waals surface area contributed by atoms with Gasteiger partial charge >= 0.3 is 5.97 Å². The van der Waals surface area contributed by atoms with E-state index in [1.165, 1.54) is 0 Å². The number of rotatable bonds is 17. The molecular weight excluding hydrogens is 869 g/mol. The number of benzene rings is 2. The molecule has 2 aromatic carbocycles. The molecule has 8 rings (SSSR count). The number of hydrogen-bond donors (Lipinski definition) is 1. The summed E-state index contributed by atoms with van der Waals surface area (Å²) in [5.74, 6) is 2.64. The van der Waals surface area contributed by atoms with E-state index in [1.54, 1.807) is 57.7 Å². The Balaban J connectivity index is 0.000000204. The van der Waals surface area contributed by atoms with Crippen LogP contribution in [0.5, 0.6) is 11.5 Å². The summed E-state index contributed by atoms with van der Waals surface area (Å²) in [5, 5.41) is 18.0. The molecule has 8 aromatic rings. The van der Waals surface area contributed by atoms with E-state index in [4.69, 9.17) is 33.2 Å². The zero-order chi connectivity index (χ0) is 49.2. The van der Waals surface area contributed by atoms with Crippen LogP contribution in [0.1, 0.15) is 112 Å². The van der Waals surface area contributed by atoms with Crippen LogP contribution >= 0.6 is 0 Å². The van der Waals surface area contributed by atoms with Crippen LogP contribution in [0.3, 0.4) is 0 Å². The highest BCUT2D eigenvalue weighted by Crippen LogP contribution is 2.41. The first-order valence-electron chi connectivity index (χ1n) is 23.1. The van der Waals surface area contributed by atoms with Crippen molar-refractivity contribution in [2.24, 2.45) is 11.8 Å². The fraction of sp³-hybridized carbons (Fsp3) is 0.304. The SMILES string of the molecule is CC(C)C(C)(c1ccc(-c2cc(C(C)(C)O)no2)cc1)c1ccc(OCc2ccccn2)cn1.CCOC(=O)c1cc(-c2ccc(C(C)(c3ccc(OCc4ccccn4)cn3)C(C)C)cc2)on1. The van der Waals surface area contributed by atoms with Crippen LogP contribution in [-0.2, 0) is 34.4 Å². The van der Waals surface area contributed by atoms with Gasteiger partial charge in [-0.05, 0) is 106 Å². The van der Waals surface area contributed by atoms with Gasteiger partial charge in [0.05, 0.1) is 41.8 Å². The fourth-order valence-electron chi connectivity index (χ4n) is 7.75. The lowest BCUT2D eigenvalue weighted by Crippen LogP contribution is -2.31. The zero-order valence-corrected chi connectivity index (χ0v) is 40.7. The summed E-state index contributed by atoms with van der Waals surface area (Å²) in [5.41, 5.74) is 6.69. The Bertz CT molecular complexity index is 2860. The Morgan fingerprint density at radius 1 is 0.580 bits per heavy atom. The van der Waals surface area contributed by atoms with Gasteiger partial charge in [0.25, 0.3) is 0 Å². The van der Waals surface area contributed by atoms with E-state index in [2.05, 4.69) is 86.1 Å². The third kappa shape index (κ3) is 11.6. The average molecular weight is 929 g/mol. The van der Waals surface area contributed by atoms with Crippen molar-refractivity contribution in [1.82, 2.24) is 30.2 Å². The zero-order valence-electron chi connectivity index (χ0n) is 40.7. The number of ether oxygens (including phenoxy) is 3. The molecule has 356 valence electrons. The Morgan fingerprint density at radius 3 is 1.42 bits per heavy atom. The molecule has 0 saturated heterocycles. The number of carbonyl (C=O) groups is 1. The van der Waals surface area contributed by atoms with Crippen LogP contribution in [0.25, 0.3) is 22.6 Å². The van der Waals surface area contributed by atoms with Crippen LogP contribution < -0.4 is 9.47 Å². The molecule has 6 aromatic heterocycles. The molecule has 69 heavy (non-hydrogen) atoms. The van der Waals surface area contributed by atoms with E-state index in [9.17, 15) is 9.90 Å². The second-order valence-electron chi connectivity index (χ2n) is 18.3. The topological polar surface area (TPSA) is 169 Å². The molecular formula is C56H60N6O7. The average Bonchev–Trinajstić information content (AvgIpc) is 4.09. The molecule has 0 radical (unpaired) electrons. The lowest BCUT2D eigenvalue weighted by atomic mass is 9.70. The van der Waals surface area contributed by atoms with Crippen LogP contribution in [0.15, 0.2) is 155 Å². The van der Waals surface area contributed by atoms with Crippen molar-refractivity contribution in [3.05, 3.63) is 191 Å². The number of esters is 1. The number of nitrogens with zero attached hydrogens (tertiary/aromatic N) is 6. The highest BCUT2D eigenvalue weighted by atomic mass is 16.5. The number of aliphatic hydroxyl groups is 1. The minimum Gasteiger partial charge on any atom is -0.486 e. The third-order valence-electron chi connectivity index (χ3n) is 12.7. The van der Waals surface area contributed by atoms with Crippen LogP contribution in [0.2, 0.25) is 0 Å². The normalized spacial score (nSPS) is 13.2. The van der Waals surface area contributed by atoms with Crippen LogP contribution in [0.4, 0.5) is 0 Å². The quantitative estimate of drug-likeness (QED) is 0.0857. The highest BCUT2D eigenvalue weighted by Gasteiger charge is 2.35. The molecule has 13 heteroatoms. The maximum atomic E-state index is 11.9. The van der Waals surface area contributed by atoms with Crippen molar-refractivity contribution < 1.29 is 33.2 Å². The molecule has 6 heterocycles. The Hall–Kier alpha value is -7.51. The third-order valence-corrected chi connectivity index (χ3v) is 12.7. The number of pyridine rings is 4. The minimum atomic E-state index is -1.04. The molecule has 0 spiro atoms. The summed E-state index contributed by atoms with van der Waals surface area (Å²) >= 11 is 0. The largest absolute Gasteiger partial charge is 0.486 e. The second kappa shape index (κ2) is 21.6. The molecule has 2 unspecified atom stereocenters. The van der Waals surface area contributed by atoms with Gasteiger partial charge in [-0.15, -0.1) is 0 Å². The van der Waals surface area contributed by atoms with Crippen molar-refractivity contribution in [2.75, 3.05) is 6.61 Å². The molecule has 0 saturated carbocycles. The lowest BCUT2D eigenvalue weighted by Gasteiger charge is -2.34. The first-order valence-corrected chi connectivity index (χ1v) is 23.1. The van der Waals surface area contributed by atoms with Crippen molar-refractivity contribution >= 4 is 5.97 Å². The Morgan fingerprint density at radius 2 is 1.04 bits per heavy atom. The van der Waals surface area contributed by atoms with E-state index < -0.39 is 11.6 Å². The highest BCUT2D eigenvalue weighted by molar-refractivity contribution is 5.88. The minimum absolute atomic E-state index is 0.160. The fourth-order valence-corrected chi connectivity index (χ4v) is 7.75. The standard InChI is InChI=1S/C28H29N3O4.C28H31N3O3/c1-5-33-27(32)24-16-25(35-31-24)20-9-11-21(12-10-20)28(4,19(2)3)26-14-13-23(17-30-26)34-18-22-8-6-7-15-29-22;1-19(2)28(5,25-14-13-23(17-30-25)33-18-22-8-6-7-15-29-22)21-11-9-20(10-12-21)24-16-26(31-34-24)27(3,4)32/h6-17,19H,5,18H2,1-4H3;6-17,19,32H,18H2,1-5H3. The van der Waals surface area contributed by atoms with Crippen molar-refractivity contribution in [3.63, 3.8) is 0 Å². The van der Waals surface area contributed by atoms with E-state index in [-0.39, 0.29) is 29.0 Å². The number of aromatic nitrogens is 6. The van der Waals surface area contributed by atoms with E-state index in [0.717, 1.165) is 45.0 Å². The molecule has 13 nitrogen and oxygen atoms in total. The van der Waals surface area contributed by atoms with Crippen molar-refractivity contribution in [1.29, 1.82) is 0 Å². The molecule has 2 atom stereocenters. The molecule has 0 bridgehead atoms. The molecule has 1 N–H and O–H groups in total. The molecule has 0 aliphatic carbocycles. The van der Waals surface area contributed by atoms with E-state index >= 15 is 0 Å². The Kier molecular flexibility index (Phi) is 15.5. The van der Waals surface area contributed by atoms with E-state index in [0.29, 0.717) is 47.8 Å². The lowest BCUT2D eigenvalue weighted by molar-refractivity contribution is 0.0514. The Labute approximate surface area is 404 Å². The van der Waals surface area contributed by atoms with Gasteiger partial charge in [0.15, 0.2) is 17.2 Å². The molecule has 0 aliphatic heterocycles.